The molecule has 110 valence electrons. The molecule has 1 N–H and O–H groups in total. The highest BCUT2D eigenvalue weighted by Gasteiger charge is 2.14. The van der Waals surface area contributed by atoms with Gasteiger partial charge in [-0.05, 0) is 24.3 Å². The van der Waals surface area contributed by atoms with E-state index in [0.717, 1.165) is 30.0 Å². The topological polar surface area (TPSA) is 107 Å². The van der Waals surface area contributed by atoms with E-state index in [9.17, 15) is 18.5 Å². The number of nitro benzene ring substituents is 1. The number of hydrazone groups is 1. The number of hydrogen-bond donors (Lipinski definition) is 1. The van der Waals surface area contributed by atoms with E-state index in [1.54, 1.807) is 29.9 Å². The molecule has 2 rings (SSSR count). The van der Waals surface area contributed by atoms with E-state index in [4.69, 9.17) is 0 Å². The lowest BCUT2D eigenvalue weighted by molar-refractivity contribution is -0.384. The summed E-state index contributed by atoms with van der Waals surface area (Å²) in [5.41, 5.74) is 0.544. The van der Waals surface area contributed by atoms with Crippen molar-refractivity contribution in [1.82, 2.24) is 9.40 Å². The summed E-state index contributed by atoms with van der Waals surface area (Å²) in [7, 11) is -2.05. The molecular weight excluding hydrogens is 296 g/mol. The highest BCUT2D eigenvalue weighted by Crippen LogP contribution is 2.15. The van der Waals surface area contributed by atoms with Gasteiger partial charge in [-0.3, -0.25) is 10.1 Å². The van der Waals surface area contributed by atoms with Gasteiger partial charge in [-0.15, -0.1) is 0 Å². The summed E-state index contributed by atoms with van der Waals surface area (Å²) >= 11 is 0. The Kier molecular flexibility index (Phi) is 4.03. The van der Waals surface area contributed by atoms with Crippen LogP contribution in [0.15, 0.2) is 52.6 Å². The highest BCUT2D eigenvalue weighted by molar-refractivity contribution is 7.89. The monoisotopic (exact) mass is 308 g/mol. The zero-order chi connectivity index (χ0) is 15.5. The van der Waals surface area contributed by atoms with Gasteiger partial charge in [-0.25, -0.2) is 4.83 Å². The second-order valence-electron chi connectivity index (χ2n) is 4.15. The van der Waals surface area contributed by atoms with Gasteiger partial charge < -0.3 is 4.57 Å². The standard InChI is InChI=1S/C12H12N4O4S/c1-15-8-2-3-11(15)9-13-14-21(19,20)12-6-4-10(5-7-12)16(17)18/h2-9,14H,1H3/b13-9-. The van der Waals surface area contributed by atoms with Crippen LogP contribution in [0.5, 0.6) is 0 Å². The minimum atomic E-state index is -3.85. The summed E-state index contributed by atoms with van der Waals surface area (Å²) in [5.74, 6) is 0. The molecule has 0 bridgehead atoms. The first kappa shape index (κ1) is 14.7. The van der Waals surface area contributed by atoms with Crippen LogP contribution < -0.4 is 4.83 Å². The summed E-state index contributed by atoms with van der Waals surface area (Å²) in [6, 6.07) is 8.11. The molecule has 1 aromatic carbocycles. The maximum atomic E-state index is 11.9. The van der Waals surface area contributed by atoms with Crippen LogP contribution in [0.3, 0.4) is 0 Å². The molecule has 0 saturated heterocycles. The molecule has 2 aromatic rings. The van der Waals surface area contributed by atoms with Gasteiger partial charge in [-0.1, -0.05) is 0 Å². The third kappa shape index (κ3) is 3.45. The maximum Gasteiger partial charge on any atom is 0.276 e. The molecule has 0 saturated carbocycles. The minimum Gasteiger partial charge on any atom is -0.350 e. The van der Waals surface area contributed by atoms with Gasteiger partial charge in [0.25, 0.3) is 15.7 Å². The van der Waals surface area contributed by atoms with Gasteiger partial charge in [-0.2, -0.15) is 13.5 Å². The normalized spacial score (nSPS) is 11.7. The molecule has 0 aliphatic rings. The minimum absolute atomic E-state index is 0.0999. The quantitative estimate of drug-likeness (QED) is 0.509. The summed E-state index contributed by atoms with van der Waals surface area (Å²) < 4.78 is 25.6. The van der Waals surface area contributed by atoms with E-state index >= 15 is 0 Å². The van der Waals surface area contributed by atoms with Crippen LogP contribution in [0.2, 0.25) is 0 Å². The molecule has 0 spiro atoms. The molecule has 9 heteroatoms. The molecular formula is C12H12N4O4S. The van der Waals surface area contributed by atoms with Crippen molar-refractivity contribution in [1.29, 1.82) is 0 Å². The van der Waals surface area contributed by atoms with E-state index in [2.05, 4.69) is 5.10 Å². The first-order valence-electron chi connectivity index (χ1n) is 5.81. The molecule has 0 aliphatic heterocycles. The van der Waals surface area contributed by atoms with E-state index in [0.29, 0.717) is 0 Å². The first-order chi connectivity index (χ1) is 9.90. The SMILES string of the molecule is Cn1cccc1/C=N\NS(=O)(=O)c1ccc([N+](=O)[O-])cc1. The Hall–Kier alpha value is -2.68. The smallest absolute Gasteiger partial charge is 0.276 e. The molecule has 1 heterocycles. The Morgan fingerprint density at radius 3 is 2.48 bits per heavy atom. The number of nitrogens with zero attached hydrogens (tertiary/aromatic N) is 3. The van der Waals surface area contributed by atoms with Gasteiger partial charge in [0.2, 0.25) is 0 Å². The van der Waals surface area contributed by atoms with Crippen molar-refractivity contribution < 1.29 is 13.3 Å². The third-order valence-electron chi connectivity index (χ3n) is 2.71. The zero-order valence-corrected chi connectivity index (χ0v) is 11.8. The molecule has 0 radical (unpaired) electrons. The van der Waals surface area contributed by atoms with Crippen molar-refractivity contribution in [2.45, 2.75) is 4.90 Å². The van der Waals surface area contributed by atoms with Gasteiger partial charge in [0.15, 0.2) is 0 Å². The first-order valence-corrected chi connectivity index (χ1v) is 7.29. The number of nitrogens with one attached hydrogen (secondary N) is 1. The summed E-state index contributed by atoms with van der Waals surface area (Å²) in [6.45, 7) is 0. The van der Waals surface area contributed by atoms with E-state index in [1.807, 2.05) is 4.83 Å². The third-order valence-corrected chi connectivity index (χ3v) is 3.95. The number of aromatic nitrogens is 1. The van der Waals surface area contributed by atoms with Crippen molar-refractivity contribution in [3.05, 3.63) is 58.4 Å². The highest BCUT2D eigenvalue weighted by atomic mass is 32.2. The number of sulfonamides is 1. The second-order valence-corrected chi connectivity index (χ2v) is 5.81. The van der Waals surface area contributed by atoms with Gasteiger partial charge in [0.05, 0.1) is 21.7 Å². The lowest BCUT2D eigenvalue weighted by atomic mass is 10.3. The van der Waals surface area contributed by atoms with Crippen molar-refractivity contribution >= 4 is 21.9 Å². The fourth-order valence-corrected chi connectivity index (χ4v) is 2.36. The Labute approximate surface area is 120 Å². The Balaban J connectivity index is 2.13. The number of non-ortho nitro benzene ring substituents is 1. The van der Waals surface area contributed by atoms with Crippen LogP contribution >= 0.6 is 0 Å². The van der Waals surface area contributed by atoms with E-state index in [-0.39, 0.29) is 10.6 Å². The lowest BCUT2D eigenvalue weighted by Gasteiger charge is -2.03. The zero-order valence-electron chi connectivity index (χ0n) is 11.0. The maximum absolute atomic E-state index is 11.9. The Morgan fingerprint density at radius 2 is 1.95 bits per heavy atom. The number of nitro groups is 1. The predicted octanol–water partition coefficient (Wildman–Crippen LogP) is 1.25. The largest absolute Gasteiger partial charge is 0.350 e. The molecule has 21 heavy (non-hydrogen) atoms. The molecule has 1 aromatic heterocycles. The molecule has 0 fully saturated rings. The molecule has 0 aliphatic carbocycles. The summed E-state index contributed by atoms with van der Waals surface area (Å²) in [4.78, 5) is 11.9. The average Bonchev–Trinajstić information content (AvgIpc) is 2.84. The Morgan fingerprint density at radius 1 is 1.29 bits per heavy atom. The number of hydrogen-bond acceptors (Lipinski definition) is 5. The number of aryl methyl sites for hydroxylation is 1. The summed E-state index contributed by atoms with van der Waals surface area (Å²) in [6.07, 6.45) is 3.16. The second kappa shape index (κ2) is 5.75. The van der Waals surface area contributed by atoms with Crippen LogP contribution in [-0.2, 0) is 17.1 Å². The predicted molar refractivity (Wildman–Crippen MR) is 76.4 cm³/mol. The van der Waals surface area contributed by atoms with Crippen molar-refractivity contribution in [2.75, 3.05) is 0 Å². The number of rotatable bonds is 5. The van der Waals surface area contributed by atoms with E-state index < -0.39 is 14.9 Å². The molecule has 8 nitrogen and oxygen atoms in total. The fraction of sp³-hybridized carbons (Fsp3) is 0.0833. The Bertz CT molecular complexity index is 778. The van der Waals surface area contributed by atoms with Crippen LogP contribution in [0.25, 0.3) is 0 Å². The molecule has 0 unspecified atom stereocenters. The van der Waals surface area contributed by atoms with Crippen LogP contribution in [0.4, 0.5) is 5.69 Å². The van der Waals surface area contributed by atoms with Crippen molar-refractivity contribution in [3.63, 3.8) is 0 Å². The fourth-order valence-electron chi connectivity index (χ4n) is 1.57. The lowest BCUT2D eigenvalue weighted by Crippen LogP contribution is -2.18. The van der Waals surface area contributed by atoms with E-state index in [1.165, 1.54) is 6.21 Å². The van der Waals surface area contributed by atoms with Crippen LogP contribution in [0.1, 0.15) is 5.69 Å². The van der Waals surface area contributed by atoms with Gasteiger partial charge in [0.1, 0.15) is 0 Å². The van der Waals surface area contributed by atoms with Gasteiger partial charge >= 0.3 is 0 Å². The van der Waals surface area contributed by atoms with Crippen LogP contribution in [-0.4, -0.2) is 24.1 Å². The van der Waals surface area contributed by atoms with Crippen molar-refractivity contribution in [2.24, 2.45) is 12.1 Å². The molecule has 0 amide bonds. The van der Waals surface area contributed by atoms with Gasteiger partial charge in [0, 0.05) is 25.4 Å². The van der Waals surface area contributed by atoms with Crippen molar-refractivity contribution in [3.8, 4) is 0 Å². The summed E-state index contributed by atoms with van der Waals surface area (Å²) in [5, 5.41) is 14.2. The number of benzene rings is 1. The average molecular weight is 308 g/mol. The molecule has 0 atom stereocenters. The van der Waals surface area contributed by atoms with Crippen LogP contribution in [0, 0.1) is 10.1 Å².